The molecule has 96 valence electrons. The number of hydrogen-bond donors (Lipinski definition) is 1. The molecule has 19 heavy (non-hydrogen) atoms. The van der Waals surface area contributed by atoms with E-state index in [2.05, 4.69) is 15.1 Å². The van der Waals surface area contributed by atoms with Crippen molar-refractivity contribution in [3.63, 3.8) is 0 Å². The van der Waals surface area contributed by atoms with Gasteiger partial charge in [-0.2, -0.15) is 4.98 Å². The predicted molar refractivity (Wildman–Crippen MR) is 72.5 cm³/mol. The van der Waals surface area contributed by atoms with Crippen LogP contribution >= 0.6 is 11.3 Å². The number of nitrogens with two attached hydrogens (primary N) is 1. The highest BCUT2D eigenvalue weighted by Crippen LogP contribution is 2.19. The molecule has 0 fully saturated rings. The van der Waals surface area contributed by atoms with Crippen LogP contribution in [0.25, 0.3) is 11.5 Å². The lowest BCUT2D eigenvalue weighted by atomic mass is 10.1. The average Bonchev–Trinajstić information content (AvgIpc) is 3.11. The molecule has 0 amide bonds. The van der Waals surface area contributed by atoms with Gasteiger partial charge in [-0.1, -0.05) is 35.5 Å². The van der Waals surface area contributed by atoms with Crippen LogP contribution in [0.1, 0.15) is 17.5 Å². The van der Waals surface area contributed by atoms with Crippen molar-refractivity contribution in [2.24, 2.45) is 5.73 Å². The van der Waals surface area contributed by atoms with E-state index in [-0.39, 0.29) is 6.04 Å². The van der Waals surface area contributed by atoms with Crippen molar-refractivity contribution < 1.29 is 4.52 Å². The van der Waals surface area contributed by atoms with E-state index >= 15 is 0 Å². The highest BCUT2D eigenvalue weighted by atomic mass is 32.1. The van der Waals surface area contributed by atoms with E-state index in [1.807, 2.05) is 35.7 Å². The minimum absolute atomic E-state index is 0.303. The number of nitrogens with zero attached hydrogens (tertiary/aromatic N) is 3. The molecule has 0 aliphatic heterocycles. The van der Waals surface area contributed by atoms with Crippen LogP contribution < -0.4 is 5.73 Å². The summed E-state index contributed by atoms with van der Waals surface area (Å²) in [6, 6.07) is 9.69. The molecule has 6 heteroatoms. The fourth-order valence-electron chi connectivity index (χ4n) is 1.77. The zero-order valence-corrected chi connectivity index (χ0v) is 10.9. The molecule has 1 aromatic carbocycles. The number of thiazole rings is 1. The van der Waals surface area contributed by atoms with Crippen molar-refractivity contribution >= 4 is 11.3 Å². The van der Waals surface area contributed by atoms with Gasteiger partial charge in [0.25, 0.3) is 0 Å². The first kappa shape index (κ1) is 12.0. The fraction of sp³-hybridized carbons (Fsp3) is 0.154. The van der Waals surface area contributed by atoms with Crippen molar-refractivity contribution in [3.05, 3.63) is 52.7 Å². The van der Waals surface area contributed by atoms with Gasteiger partial charge in [-0.15, -0.1) is 11.3 Å². The Morgan fingerprint density at radius 2 is 2.11 bits per heavy atom. The Kier molecular flexibility index (Phi) is 3.35. The molecule has 1 atom stereocenters. The monoisotopic (exact) mass is 272 g/mol. The van der Waals surface area contributed by atoms with Gasteiger partial charge in [0.05, 0.1) is 11.6 Å². The molecule has 0 radical (unpaired) electrons. The van der Waals surface area contributed by atoms with E-state index in [0.29, 0.717) is 23.8 Å². The molecule has 5 nitrogen and oxygen atoms in total. The predicted octanol–water partition coefficient (Wildman–Crippen LogP) is 2.44. The first-order chi connectivity index (χ1) is 9.33. The molecular weight excluding hydrogens is 260 g/mol. The van der Waals surface area contributed by atoms with Gasteiger partial charge in [-0.3, -0.25) is 0 Å². The van der Waals surface area contributed by atoms with Crippen LogP contribution in [0, 0.1) is 0 Å². The molecule has 2 N–H and O–H groups in total. The van der Waals surface area contributed by atoms with Crippen molar-refractivity contribution in [3.8, 4) is 11.5 Å². The molecule has 0 spiro atoms. The largest absolute Gasteiger partial charge is 0.337 e. The van der Waals surface area contributed by atoms with Gasteiger partial charge in [0.2, 0.25) is 11.7 Å². The Hall–Kier alpha value is -2.05. The van der Waals surface area contributed by atoms with Crippen LogP contribution in [0.3, 0.4) is 0 Å². The Morgan fingerprint density at radius 3 is 2.84 bits per heavy atom. The van der Waals surface area contributed by atoms with Crippen LogP contribution in [0.4, 0.5) is 0 Å². The Morgan fingerprint density at radius 1 is 1.26 bits per heavy atom. The van der Waals surface area contributed by atoms with Gasteiger partial charge < -0.3 is 10.3 Å². The maximum absolute atomic E-state index is 6.08. The van der Waals surface area contributed by atoms with Crippen LogP contribution in [0.5, 0.6) is 0 Å². The van der Waals surface area contributed by atoms with E-state index in [4.69, 9.17) is 10.3 Å². The second kappa shape index (κ2) is 5.29. The molecule has 0 bridgehead atoms. The van der Waals surface area contributed by atoms with Gasteiger partial charge in [0, 0.05) is 5.38 Å². The molecule has 2 aromatic heterocycles. The number of rotatable bonds is 4. The van der Waals surface area contributed by atoms with E-state index in [9.17, 15) is 0 Å². The van der Waals surface area contributed by atoms with E-state index in [1.165, 1.54) is 11.3 Å². The molecule has 0 unspecified atom stereocenters. The summed E-state index contributed by atoms with van der Waals surface area (Å²) in [7, 11) is 0. The normalized spacial score (nSPS) is 12.5. The summed E-state index contributed by atoms with van der Waals surface area (Å²) in [5.74, 6) is 0.923. The number of aromatic nitrogens is 3. The maximum Gasteiger partial charge on any atom is 0.244 e. The average molecular weight is 272 g/mol. The Labute approximate surface area is 114 Å². The molecule has 0 aliphatic carbocycles. The summed E-state index contributed by atoms with van der Waals surface area (Å²) >= 11 is 1.49. The SMILES string of the molecule is N[C@@H](Cc1ccccc1)c1nc(-c2cscn2)no1. The van der Waals surface area contributed by atoms with E-state index in [0.717, 1.165) is 5.56 Å². The first-order valence-corrected chi connectivity index (χ1v) is 6.79. The minimum Gasteiger partial charge on any atom is -0.337 e. The quantitative estimate of drug-likeness (QED) is 0.789. The maximum atomic E-state index is 6.08. The third kappa shape index (κ3) is 2.69. The van der Waals surface area contributed by atoms with Gasteiger partial charge in [0.1, 0.15) is 5.69 Å². The summed E-state index contributed by atoms with van der Waals surface area (Å²) in [5, 5.41) is 5.77. The molecule has 2 heterocycles. The topological polar surface area (TPSA) is 77.8 Å². The minimum atomic E-state index is -0.303. The lowest BCUT2D eigenvalue weighted by Gasteiger charge is -2.05. The fourth-order valence-corrected chi connectivity index (χ4v) is 2.30. The molecule has 0 saturated heterocycles. The zero-order chi connectivity index (χ0) is 13.1. The summed E-state index contributed by atoms with van der Waals surface area (Å²) in [6.07, 6.45) is 0.666. The van der Waals surface area contributed by atoms with Crippen molar-refractivity contribution in [1.82, 2.24) is 15.1 Å². The summed E-state index contributed by atoms with van der Waals surface area (Å²) in [5.41, 5.74) is 9.67. The molecule has 3 rings (SSSR count). The summed E-state index contributed by atoms with van der Waals surface area (Å²) < 4.78 is 5.20. The Bertz CT molecular complexity index is 636. The summed E-state index contributed by atoms with van der Waals surface area (Å²) in [4.78, 5) is 8.43. The number of hydrogen-bond acceptors (Lipinski definition) is 6. The smallest absolute Gasteiger partial charge is 0.244 e. The molecule has 0 saturated carbocycles. The van der Waals surface area contributed by atoms with Crippen LogP contribution in [-0.2, 0) is 6.42 Å². The highest BCUT2D eigenvalue weighted by molar-refractivity contribution is 7.07. The third-order valence-corrected chi connectivity index (χ3v) is 3.31. The first-order valence-electron chi connectivity index (χ1n) is 5.84. The second-order valence-corrected chi connectivity index (χ2v) is 4.84. The molecule has 3 aromatic rings. The lowest BCUT2D eigenvalue weighted by Crippen LogP contribution is -2.13. The van der Waals surface area contributed by atoms with Crippen LogP contribution in [-0.4, -0.2) is 15.1 Å². The van der Waals surface area contributed by atoms with Crippen molar-refractivity contribution in [2.45, 2.75) is 12.5 Å². The van der Waals surface area contributed by atoms with Gasteiger partial charge in [-0.05, 0) is 12.0 Å². The second-order valence-electron chi connectivity index (χ2n) is 4.13. The van der Waals surface area contributed by atoms with Gasteiger partial charge >= 0.3 is 0 Å². The van der Waals surface area contributed by atoms with Gasteiger partial charge in [0.15, 0.2) is 0 Å². The van der Waals surface area contributed by atoms with Crippen LogP contribution in [0.15, 0.2) is 45.7 Å². The third-order valence-electron chi connectivity index (χ3n) is 2.72. The molecular formula is C13H12N4OS. The van der Waals surface area contributed by atoms with Crippen molar-refractivity contribution in [1.29, 1.82) is 0 Å². The van der Waals surface area contributed by atoms with Gasteiger partial charge in [-0.25, -0.2) is 4.98 Å². The highest BCUT2D eigenvalue weighted by Gasteiger charge is 2.16. The van der Waals surface area contributed by atoms with E-state index in [1.54, 1.807) is 5.51 Å². The standard InChI is InChI=1S/C13H12N4OS/c14-10(6-9-4-2-1-3-5-9)13-16-12(17-18-13)11-7-19-8-15-11/h1-5,7-8,10H,6,14H2/t10-/m0/s1. The zero-order valence-electron chi connectivity index (χ0n) is 10.1. The van der Waals surface area contributed by atoms with Crippen LogP contribution in [0.2, 0.25) is 0 Å². The Balaban J connectivity index is 1.76. The lowest BCUT2D eigenvalue weighted by molar-refractivity contribution is 0.354. The van der Waals surface area contributed by atoms with Crippen molar-refractivity contribution in [2.75, 3.05) is 0 Å². The number of benzene rings is 1. The summed E-state index contributed by atoms with van der Waals surface area (Å²) in [6.45, 7) is 0. The molecule has 0 aliphatic rings. The van der Waals surface area contributed by atoms with E-state index < -0.39 is 0 Å².